The molecule has 5 atom stereocenters. The van der Waals surface area contributed by atoms with E-state index >= 15 is 0 Å². The fourth-order valence-corrected chi connectivity index (χ4v) is 6.50. The molecule has 10 heteroatoms. The Labute approximate surface area is 257 Å². The monoisotopic (exact) mass is 599 g/mol. The lowest BCUT2D eigenvalue weighted by Gasteiger charge is -2.36. The number of aromatic hydroxyl groups is 1. The first-order valence-corrected chi connectivity index (χ1v) is 16.1. The van der Waals surface area contributed by atoms with Gasteiger partial charge in [0.1, 0.15) is 12.1 Å². The molecule has 1 aromatic heterocycles. The quantitative estimate of drug-likeness (QED) is 0.256. The van der Waals surface area contributed by atoms with E-state index < -0.39 is 23.6 Å². The average molecular weight is 600 g/mol. The number of carbonyl (C=O) groups excluding carboxylic acids is 3. The number of likely N-dealkylation sites (tertiary alicyclic amines) is 1. The summed E-state index contributed by atoms with van der Waals surface area (Å²) >= 11 is 0. The van der Waals surface area contributed by atoms with Crippen LogP contribution in [0, 0.1) is 23.2 Å². The van der Waals surface area contributed by atoms with Gasteiger partial charge in [-0.3, -0.25) is 9.59 Å². The summed E-state index contributed by atoms with van der Waals surface area (Å²) < 4.78 is 5.94. The maximum atomic E-state index is 13.9. The summed E-state index contributed by atoms with van der Waals surface area (Å²) in [4.78, 5) is 50.3. The zero-order valence-corrected chi connectivity index (χ0v) is 27.0. The number of unbranched alkanes of at least 4 members (excludes halogenated alkanes) is 2. The van der Waals surface area contributed by atoms with Crippen molar-refractivity contribution in [2.24, 2.45) is 28.9 Å². The van der Waals surface area contributed by atoms with Gasteiger partial charge in [-0.1, -0.05) is 60.8 Å². The third-order valence-corrected chi connectivity index (χ3v) is 9.01. The average Bonchev–Trinajstić information content (AvgIpc) is 3.58. The topological polar surface area (TPSA) is 148 Å². The Hall–Kier alpha value is -3.17. The Morgan fingerprint density at radius 1 is 1.16 bits per heavy atom. The number of aryl methyl sites for hydroxylation is 1. The van der Waals surface area contributed by atoms with E-state index in [1.807, 2.05) is 34.6 Å². The lowest BCUT2D eigenvalue weighted by Crippen LogP contribution is -2.58. The minimum atomic E-state index is -0.794. The largest absolute Gasteiger partial charge is 0.504 e. The van der Waals surface area contributed by atoms with E-state index in [1.54, 1.807) is 11.0 Å². The number of carbonyl (C=O) groups is 3. The van der Waals surface area contributed by atoms with Crippen LogP contribution in [0.4, 0.5) is 4.79 Å². The minimum absolute atomic E-state index is 0.0871. The number of ether oxygens (including phenoxy) is 1. The molecule has 1 saturated carbocycles. The van der Waals surface area contributed by atoms with Crippen LogP contribution in [-0.2, 0) is 20.7 Å². The van der Waals surface area contributed by atoms with Crippen LogP contribution < -0.4 is 11.1 Å². The first-order chi connectivity index (χ1) is 20.4. The zero-order valence-electron chi connectivity index (χ0n) is 27.0. The first kappa shape index (κ1) is 34.3. The Balaban J connectivity index is 1.54. The van der Waals surface area contributed by atoms with Gasteiger partial charge >= 0.3 is 6.09 Å². The highest BCUT2D eigenvalue weighted by Crippen LogP contribution is 2.34. The number of nitrogens with two attached hydrogens (primary N) is 1. The fourth-order valence-electron chi connectivity index (χ4n) is 6.50. The molecule has 1 aliphatic carbocycles. The molecule has 240 valence electrons. The van der Waals surface area contributed by atoms with Crippen molar-refractivity contribution >= 4 is 23.9 Å². The van der Waals surface area contributed by atoms with Gasteiger partial charge in [0.2, 0.25) is 5.91 Å². The SMILES string of the molecule is CC[C@@H]1CCN(C(=O)C(NC(=O)OC2CCC[C@H]2CCCCCc2nc(C=CN)ncc2O)C(C)(C)C)[C@@H]1C(=O)C(C)C. The third kappa shape index (κ3) is 9.16. The molecule has 2 aliphatic rings. The number of Topliss-reactive ketones (excluding diaryl/α,β-unsaturated/α-hetero) is 1. The maximum absolute atomic E-state index is 13.9. The highest BCUT2D eigenvalue weighted by molar-refractivity contribution is 5.94. The van der Waals surface area contributed by atoms with Gasteiger partial charge in [-0.25, -0.2) is 14.8 Å². The molecule has 43 heavy (non-hydrogen) atoms. The Morgan fingerprint density at radius 3 is 2.56 bits per heavy atom. The number of rotatable bonds is 13. The van der Waals surface area contributed by atoms with Crippen LogP contribution in [0.2, 0.25) is 0 Å². The molecule has 3 rings (SSSR count). The molecule has 1 aromatic rings. The first-order valence-electron chi connectivity index (χ1n) is 16.1. The summed E-state index contributed by atoms with van der Waals surface area (Å²) in [5.74, 6) is 0.706. The van der Waals surface area contributed by atoms with Crippen molar-refractivity contribution in [3.8, 4) is 5.75 Å². The lowest BCUT2D eigenvalue weighted by molar-refractivity contribution is -0.143. The van der Waals surface area contributed by atoms with E-state index in [-0.39, 0.29) is 41.3 Å². The van der Waals surface area contributed by atoms with Crippen molar-refractivity contribution in [2.45, 2.75) is 124 Å². The highest BCUT2D eigenvalue weighted by atomic mass is 16.6. The molecule has 1 saturated heterocycles. The van der Waals surface area contributed by atoms with E-state index in [0.29, 0.717) is 24.5 Å². The molecular weight excluding hydrogens is 546 g/mol. The summed E-state index contributed by atoms with van der Waals surface area (Å²) in [6.45, 7) is 12.1. The van der Waals surface area contributed by atoms with Gasteiger partial charge in [-0.2, -0.15) is 0 Å². The molecular formula is C33H53N5O5. The minimum Gasteiger partial charge on any atom is -0.504 e. The molecule has 10 nitrogen and oxygen atoms in total. The van der Waals surface area contributed by atoms with Crippen LogP contribution in [0.1, 0.15) is 111 Å². The molecule has 2 heterocycles. The fraction of sp³-hybridized carbons (Fsp3) is 0.727. The van der Waals surface area contributed by atoms with Gasteiger partial charge in [-0.05, 0) is 74.5 Å². The van der Waals surface area contributed by atoms with Gasteiger partial charge in [0.25, 0.3) is 0 Å². The number of aromatic nitrogens is 2. The number of hydrogen-bond donors (Lipinski definition) is 3. The molecule has 1 aliphatic heterocycles. The van der Waals surface area contributed by atoms with Gasteiger partial charge in [0.05, 0.1) is 17.9 Å². The van der Waals surface area contributed by atoms with E-state index in [4.69, 9.17) is 10.5 Å². The zero-order chi connectivity index (χ0) is 31.7. The molecule has 2 fully saturated rings. The number of hydrogen-bond acceptors (Lipinski definition) is 8. The van der Waals surface area contributed by atoms with Gasteiger partial charge in [0, 0.05) is 12.5 Å². The van der Waals surface area contributed by atoms with E-state index in [1.165, 1.54) is 12.4 Å². The van der Waals surface area contributed by atoms with Crippen molar-refractivity contribution in [1.82, 2.24) is 20.2 Å². The molecule has 2 amide bonds. The van der Waals surface area contributed by atoms with Crippen LogP contribution in [0.15, 0.2) is 12.4 Å². The van der Waals surface area contributed by atoms with Gasteiger partial charge < -0.3 is 25.8 Å². The number of amides is 2. The second-order valence-electron chi connectivity index (χ2n) is 13.6. The second-order valence-corrected chi connectivity index (χ2v) is 13.6. The molecule has 4 N–H and O–H groups in total. The predicted octanol–water partition coefficient (Wildman–Crippen LogP) is 5.38. The van der Waals surface area contributed by atoms with Crippen LogP contribution in [0.3, 0.4) is 0 Å². The lowest BCUT2D eigenvalue weighted by atomic mass is 9.84. The Kier molecular flexibility index (Phi) is 12.4. The van der Waals surface area contributed by atoms with Crippen molar-refractivity contribution in [2.75, 3.05) is 6.54 Å². The highest BCUT2D eigenvalue weighted by Gasteiger charge is 2.46. The van der Waals surface area contributed by atoms with E-state index in [9.17, 15) is 19.5 Å². The van der Waals surface area contributed by atoms with Crippen LogP contribution in [0.5, 0.6) is 5.75 Å². The third-order valence-electron chi connectivity index (χ3n) is 9.01. The number of nitrogens with one attached hydrogen (secondary N) is 1. The number of ketones is 1. The Bertz CT molecular complexity index is 1130. The van der Waals surface area contributed by atoms with Crippen molar-refractivity contribution in [1.29, 1.82) is 0 Å². The van der Waals surface area contributed by atoms with E-state index in [0.717, 1.165) is 57.8 Å². The number of alkyl carbamates (subject to hydrolysis) is 1. The second kappa shape index (κ2) is 15.5. The van der Waals surface area contributed by atoms with Crippen LogP contribution in [0.25, 0.3) is 6.08 Å². The normalized spacial score (nSPS) is 23.2. The van der Waals surface area contributed by atoms with Gasteiger partial charge in [-0.15, -0.1) is 0 Å². The summed E-state index contributed by atoms with van der Waals surface area (Å²) in [5.41, 5.74) is 5.48. The van der Waals surface area contributed by atoms with Crippen molar-refractivity contribution in [3.05, 3.63) is 23.9 Å². The summed E-state index contributed by atoms with van der Waals surface area (Å²) in [7, 11) is 0. The number of nitrogens with zero attached hydrogens (tertiary/aromatic N) is 3. The molecule has 2 unspecified atom stereocenters. The summed E-state index contributed by atoms with van der Waals surface area (Å²) in [5, 5.41) is 13.0. The standard InChI is InChI=1S/C33H53N5O5/c1-7-22-17-19-38(28(22)29(40)21(2)3)31(41)30(33(4,5)6)37-32(42)43-26-15-11-13-23(26)12-9-8-10-14-24-25(39)20-35-27(36-24)16-18-34/h16,18,20-23,26,28,30,39H,7-15,17,19,34H2,1-6H3,(H,37,42)/t22-,23-,26?,28+,30?/m1/s1. The smallest absolute Gasteiger partial charge is 0.408 e. The van der Waals surface area contributed by atoms with E-state index in [2.05, 4.69) is 22.2 Å². The summed E-state index contributed by atoms with van der Waals surface area (Å²) in [6.07, 6.45) is 12.5. The maximum Gasteiger partial charge on any atom is 0.408 e. The molecule has 0 bridgehead atoms. The molecule has 0 aromatic carbocycles. The van der Waals surface area contributed by atoms with Crippen molar-refractivity contribution < 1.29 is 24.2 Å². The van der Waals surface area contributed by atoms with Crippen LogP contribution >= 0.6 is 0 Å². The Morgan fingerprint density at radius 2 is 1.91 bits per heavy atom. The van der Waals surface area contributed by atoms with Crippen LogP contribution in [-0.4, -0.2) is 62.5 Å². The molecule has 0 radical (unpaired) electrons. The predicted molar refractivity (Wildman–Crippen MR) is 167 cm³/mol. The molecule has 0 spiro atoms. The summed E-state index contributed by atoms with van der Waals surface area (Å²) in [6, 6.07) is -1.24. The van der Waals surface area contributed by atoms with Crippen molar-refractivity contribution in [3.63, 3.8) is 0 Å². The van der Waals surface area contributed by atoms with Gasteiger partial charge in [0.15, 0.2) is 17.4 Å².